The van der Waals surface area contributed by atoms with E-state index in [2.05, 4.69) is 59.3 Å². The van der Waals surface area contributed by atoms with Crippen LogP contribution < -0.4 is 4.72 Å². The van der Waals surface area contributed by atoms with Crippen molar-refractivity contribution in [2.75, 3.05) is 5.75 Å². The highest BCUT2D eigenvalue weighted by atomic mass is 32.2. The predicted octanol–water partition coefficient (Wildman–Crippen LogP) is 7.31. The third-order valence-electron chi connectivity index (χ3n) is 11.9. The van der Waals surface area contributed by atoms with E-state index >= 15 is 0 Å². The molecule has 0 aliphatic heterocycles. The number of rotatable bonds is 8. The highest BCUT2D eigenvalue weighted by molar-refractivity contribution is 7.89. The van der Waals surface area contributed by atoms with E-state index in [1.165, 1.54) is 0 Å². The van der Waals surface area contributed by atoms with Crippen molar-refractivity contribution in [1.82, 2.24) is 4.72 Å². The molecule has 5 atom stereocenters. The van der Waals surface area contributed by atoms with Crippen LogP contribution in [0, 0.1) is 50.2 Å². The lowest BCUT2D eigenvalue weighted by Crippen LogP contribution is -2.58. The van der Waals surface area contributed by atoms with Gasteiger partial charge in [0.25, 0.3) is 0 Å². The van der Waals surface area contributed by atoms with Crippen LogP contribution in [0.5, 0.6) is 0 Å². The Balaban J connectivity index is 2.09. The molecule has 1 unspecified atom stereocenters. The van der Waals surface area contributed by atoms with Crippen molar-refractivity contribution in [2.45, 2.75) is 127 Å². The number of nitrogens with one attached hydrogen (secondary N) is 1. The molecule has 0 spiro atoms. The molecule has 0 aromatic rings. The van der Waals surface area contributed by atoms with Gasteiger partial charge in [0.1, 0.15) is 6.07 Å². The summed E-state index contributed by atoms with van der Waals surface area (Å²) in [5, 5.41) is 9.91. The fraction of sp³-hybridized carbons (Fsp3) is 0.794. The smallest absolute Gasteiger partial charge is 0.211 e. The minimum Gasteiger partial charge on any atom is -0.295 e. The average molecular weight is 587 g/mol. The van der Waals surface area contributed by atoms with Gasteiger partial charge in [-0.25, -0.2) is 13.1 Å². The maximum absolute atomic E-state index is 13.3. The first-order valence-corrected chi connectivity index (χ1v) is 17.1. The normalized spacial score (nSPS) is 36.3. The summed E-state index contributed by atoms with van der Waals surface area (Å²) in [5.74, 6) is 0.0484. The van der Waals surface area contributed by atoms with Gasteiger partial charge in [-0.2, -0.15) is 5.26 Å². The molecule has 0 radical (unpaired) electrons. The second-order valence-electron chi connectivity index (χ2n) is 15.9. The van der Waals surface area contributed by atoms with E-state index in [0.29, 0.717) is 6.42 Å². The van der Waals surface area contributed by atoms with Crippen molar-refractivity contribution in [2.24, 2.45) is 38.9 Å². The Morgan fingerprint density at radius 2 is 1.76 bits per heavy atom. The van der Waals surface area contributed by atoms with Gasteiger partial charge in [0.2, 0.25) is 10.0 Å². The SMILES string of the molecule is CCS(=O)(=O)N[C@]1(CCC(C)(C)[C@]2(C)CC[C@H]3C(C)(C)C(=O)C(C#N)=C[C@]3(C)/C2=C/C(C)=O)CCC(C)(C)CC1C. The number of carbonyl (C=O) groups is 2. The monoisotopic (exact) mass is 586 g/mol. The summed E-state index contributed by atoms with van der Waals surface area (Å²) in [7, 11) is -3.41. The van der Waals surface area contributed by atoms with Crippen LogP contribution in [0.1, 0.15) is 121 Å². The Morgan fingerprint density at radius 1 is 1.15 bits per heavy atom. The number of Topliss-reactive ketones (excluding diaryl/α,β-unsaturated/α-hetero) is 1. The molecule has 2 saturated carbocycles. The molecule has 0 bridgehead atoms. The van der Waals surface area contributed by atoms with E-state index in [1.54, 1.807) is 19.9 Å². The number of sulfonamides is 1. The third-order valence-corrected chi connectivity index (χ3v) is 13.4. The van der Waals surface area contributed by atoms with Crippen molar-refractivity contribution in [3.05, 3.63) is 23.3 Å². The number of fused-ring (bicyclic) bond motifs is 1. The first-order valence-electron chi connectivity index (χ1n) is 15.5. The molecule has 3 aliphatic carbocycles. The van der Waals surface area contributed by atoms with E-state index < -0.39 is 31.8 Å². The van der Waals surface area contributed by atoms with Gasteiger partial charge >= 0.3 is 0 Å². The molecule has 3 rings (SSSR count). The zero-order valence-corrected chi connectivity index (χ0v) is 28.3. The first-order chi connectivity index (χ1) is 18.5. The van der Waals surface area contributed by atoms with Gasteiger partial charge in [-0.05, 0) is 93.0 Å². The fourth-order valence-corrected chi connectivity index (χ4v) is 9.98. The maximum atomic E-state index is 13.3. The second kappa shape index (κ2) is 10.7. The number of carbonyl (C=O) groups excluding carboxylic acids is 2. The largest absolute Gasteiger partial charge is 0.295 e. The lowest BCUT2D eigenvalue weighted by atomic mass is 9.42. The molecule has 0 heterocycles. The van der Waals surface area contributed by atoms with Gasteiger partial charge in [0, 0.05) is 16.4 Å². The Hall–Kier alpha value is -1.78. The van der Waals surface area contributed by atoms with Crippen LogP contribution in [0.2, 0.25) is 0 Å². The minimum absolute atomic E-state index is 0.0302. The summed E-state index contributed by atoms with van der Waals surface area (Å²) < 4.78 is 29.1. The molecule has 0 aromatic carbocycles. The summed E-state index contributed by atoms with van der Waals surface area (Å²) in [6.07, 6.45) is 9.42. The molecule has 6 nitrogen and oxygen atoms in total. The molecule has 0 saturated heterocycles. The standard InChI is InChI=1S/C34H54N2O4S/c1-12-41(39,40)36-34(17-15-29(4,5)20-23(34)2)18-16-30(6,7)33(11)14-13-26-31(8,9)28(38)25(22-35)21-32(26,10)27(33)19-24(3)37/h19,21,23,26,36H,12-18,20H2,1-11H3/b27-19-/t23?,26-,32-,33+,34-/m0/s1. The van der Waals surface area contributed by atoms with Gasteiger partial charge in [-0.1, -0.05) is 74.0 Å². The predicted molar refractivity (Wildman–Crippen MR) is 165 cm³/mol. The van der Waals surface area contributed by atoms with E-state index in [0.717, 1.165) is 44.1 Å². The number of allylic oxidation sites excluding steroid dienone is 4. The fourth-order valence-electron chi connectivity index (χ4n) is 8.81. The third kappa shape index (κ3) is 5.90. The maximum Gasteiger partial charge on any atom is 0.211 e. The molecule has 41 heavy (non-hydrogen) atoms. The van der Waals surface area contributed by atoms with E-state index in [4.69, 9.17) is 0 Å². The Bertz CT molecular complexity index is 1300. The first kappa shape index (κ1) is 33.7. The lowest BCUT2D eigenvalue weighted by molar-refractivity contribution is -0.131. The average Bonchev–Trinajstić information content (AvgIpc) is 2.84. The molecule has 3 aliphatic rings. The molecule has 0 amide bonds. The Labute approximate surface area is 249 Å². The second-order valence-corrected chi connectivity index (χ2v) is 17.9. The zero-order chi connectivity index (χ0) is 31.4. The van der Waals surface area contributed by atoms with Crippen molar-refractivity contribution in [3.63, 3.8) is 0 Å². The molecule has 0 aromatic heterocycles. The van der Waals surface area contributed by atoms with Crippen LogP contribution >= 0.6 is 0 Å². The molecular weight excluding hydrogens is 532 g/mol. The number of ketones is 2. The van der Waals surface area contributed by atoms with E-state index in [9.17, 15) is 23.3 Å². The Morgan fingerprint density at radius 3 is 2.27 bits per heavy atom. The minimum atomic E-state index is -3.41. The summed E-state index contributed by atoms with van der Waals surface area (Å²) >= 11 is 0. The Kier molecular flexibility index (Phi) is 8.83. The number of hydrogen-bond acceptors (Lipinski definition) is 5. The molecular formula is C34H54N2O4S. The van der Waals surface area contributed by atoms with Crippen LogP contribution in [0.3, 0.4) is 0 Å². The summed E-state index contributed by atoms with van der Waals surface area (Å²) in [4.78, 5) is 26.0. The molecule has 1 N–H and O–H groups in total. The highest BCUT2D eigenvalue weighted by Crippen LogP contribution is 2.67. The molecule has 2 fully saturated rings. The summed E-state index contributed by atoms with van der Waals surface area (Å²) in [6.45, 7) is 22.7. The quantitative estimate of drug-likeness (QED) is 0.300. The van der Waals surface area contributed by atoms with Crippen LogP contribution in [0.15, 0.2) is 23.3 Å². The van der Waals surface area contributed by atoms with E-state index in [-0.39, 0.29) is 45.6 Å². The van der Waals surface area contributed by atoms with Crippen LogP contribution in [-0.4, -0.2) is 31.3 Å². The summed E-state index contributed by atoms with van der Waals surface area (Å²) in [6, 6.07) is 2.15. The van der Waals surface area contributed by atoms with Gasteiger partial charge < -0.3 is 0 Å². The molecule has 7 heteroatoms. The van der Waals surface area contributed by atoms with Gasteiger partial charge in [-0.15, -0.1) is 0 Å². The zero-order valence-electron chi connectivity index (χ0n) is 27.5. The van der Waals surface area contributed by atoms with Crippen molar-refractivity contribution < 1.29 is 18.0 Å². The molecule has 230 valence electrons. The van der Waals surface area contributed by atoms with Crippen LogP contribution in [0.25, 0.3) is 0 Å². The van der Waals surface area contributed by atoms with Crippen LogP contribution in [-0.2, 0) is 19.6 Å². The topological polar surface area (TPSA) is 104 Å². The summed E-state index contributed by atoms with van der Waals surface area (Å²) in [5.41, 5.74) is -1.22. The number of hydrogen-bond donors (Lipinski definition) is 1. The number of nitriles is 1. The highest BCUT2D eigenvalue weighted by Gasteiger charge is 2.61. The van der Waals surface area contributed by atoms with Gasteiger partial charge in [0.05, 0.1) is 11.3 Å². The van der Waals surface area contributed by atoms with Crippen molar-refractivity contribution in [3.8, 4) is 6.07 Å². The van der Waals surface area contributed by atoms with Gasteiger partial charge in [-0.3, -0.25) is 9.59 Å². The van der Waals surface area contributed by atoms with Gasteiger partial charge in [0.15, 0.2) is 11.6 Å². The lowest BCUT2D eigenvalue weighted by Gasteiger charge is -2.61. The van der Waals surface area contributed by atoms with Crippen molar-refractivity contribution >= 4 is 21.6 Å². The van der Waals surface area contributed by atoms with E-state index in [1.807, 2.05) is 19.9 Å². The number of nitrogens with zero attached hydrogens (tertiary/aromatic N) is 1. The van der Waals surface area contributed by atoms with Crippen LogP contribution in [0.4, 0.5) is 0 Å². The van der Waals surface area contributed by atoms with Crippen molar-refractivity contribution in [1.29, 1.82) is 5.26 Å².